The van der Waals surface area contributed by atoms with Crippen LogP contribution in [-0.2, 0) is 34.2 Å². The average molecular weight is 400 g/mol. The number of amides is 1. The first kappa shape index (κ1) is 18.3. The molecule has 1 N–H and O–H groups in total. The van der Waals surface area contributed by atoms with Crippen molar-refractivity contribution in [1.82, 2.24) is 9.29 Å². The highest BCUT2D eigenvalue weighted by molar-refractivity contribution is 7.89. The molecule has 134 valence electrons. The van der Waals surface area contributed by atoms with Crippen molar-refractivity contribution in [2.75, 3.05) is 17.6 Å². The van der Waals surface area contributed by atoms with Crippen molar-refractivity contribution in [2.45, 2.75) is 26.3 Å². The highest BCUT2D eigenvalue weighted by Gasteiger charge is 2.28. The van der Waals surface area contributed by atoms with Gasteiger partial charge in [-0.2, -0.15) is 4.31 Å². The predicted octanol–water partition coefficient (Wildman–Crippen LogP) is 2.69. The van der Waals surface area contributed by atoms with E-state index in [1.165, 1.54) is 15.6 Å². The van der Waals surface area contributed by atoms with Gasteiger partial charge in [0.2, 0.25) is 15.9 Å². The maximum atomic E-state index is 12.2. The van der Waals surface area contributed by atoms with E-state index < -0.39 is 10.0 Å². The molecule has 3 rings (SSSR count). The lowest BCUT2D eigenvalue weighted by atomic mass is 10.1. The number of carbonyl (C=O) groups is 1. The minimum atomic E-state index is -3.21. The summed E-state index contributed by atoms with van der Waals surface area (Å²) in [5.74, 6) is -0.111. The Bertz CT molecular complexity index is 896. The van der Waals surface area contributed by atoms with Crippen LogP contribution in [0, 0.1) is 0 Å². The van der Waals surface area contributed by atoms with Gasteiger partial charge in [0.1, 0.15) is 0 Å². The fourth-order valence-corrected chi connectivity index (χ4v) is 5.01. The summed E-state index contributed by atoms with van der Waals surface area (Å²) in [6.07, 6.45) is 0.728. The number of hydrogen-bond donors (Lipinski definition) is 1. The molecule has 6 nitrogen and oxygen atoms in total. The molecule has 0 fully saturated rings. The van der Waals surface area contributed by atoms with Crippen molar-refractivity contribution in [1.29, 1.82) is 0 Å². The Morgan fingerprint density at radius 3 is 2.88 bits per heavy atom. The second-order valence-corrected chi connectivity index (χ2v) is 9.44. The Hall–Kier alpha value is -1.48. The van der Waals surface area contributed by atoms with Crippen LogP contribution in [0.3, 0.4) is 0 Å². The first-order valence-electron chi connectivity index (χ1n) is 7.88. The van der Waals surface area contributed by atoms with Crippen molar-refractivity contribution in [2.24, 2.45) is 0 Å². The molecule has 0 bridgehead atoms. The zero-order valence-electron chi connectivity index (χ0n) is 13.7. The van der Waals surface area contributed by atoms with Crippen molar-refractivity contribution in [3.05, 3.63) is 45.4 Å². The number of fused-ring (bicyclic) bond motifs is 1. The third kappa shape index (κ3) is 4.20. The number of benzene rings is 1. The third-order valence-corrected chi connectivity index (χ3v) is 7.20. The summed E-state index contributed by atoms with van der Waals surface area (Å²) < 4.78 is 25.5. The average Bonchev–Trinajstić information content (AvgIpc) is 2.98. The van der Waals surface area contributed by atoms with Gasteiger partial charge in [0, 0.05) is 29.4 Å². The van der Waals surface area contributed by atoms with Crippen LogP contribution < -0.4 is 5.32 Å². The minimum Gasteiger partial charge on any atom is -0.302 e. The molecule has 0 saturated carbocycles. The zero-order chi connectivity index (χ0) is 18.0. The number of anilines is 1. The van der Waals surface area contributed by atoms with Crippen molar-refractivity contribution in [3.8, 4) is 0 Å². The SMILES string of the molecule is CCS(=O)(=O)N1CCc2nc(NC(=O)Cc3ccccc3Cl)sc2C1. The van der Waals surface area contributed by atoms with Gasteiger partial charge in [-0.15, -0.1) is 11.3 Å². The van der Waals surface area contributed by atoms with Crippen LogP contribution in [0.5, 0.6) is 0 Å². The fraction of sp³-hybridized carbons (Fsp3) is 0.375. The van der Waals surface area contributed by atoms with Crippen molar-refractivity contribution < 1.29 is 13.2 Å². The summed E-state index contributed by atoms with van der Waals surface area (Å²) in [6.45, 7) is 2.39. The highest BCUT2D eigenvalue weighted by atomic mass is 35.5. The van der Waals surface area contributed by atoms with Crippen LogP contribution in [0.2, 0.25) is 5.02 Å². The van der Waals surface area contributed by atoms with Crippen LogP contribution in [0.25, 0.3) is 0 Å². The molecule has 9 heteroatoms. The second kappa shape index (κ2) is 7.41. The van der Waals surface area contributed by atoms with Gasteiger partial charge in [-0.25, -0.2) is 13.4 Å². The largest absolute Gasteiger partial charge is 0.302 e. The first-order valence-corrected chi connectivity index (χ1v) is 10.7. The zero-order valence-corrected chi connectivity index (χ0v) is 16.0. The van der Waals surface area contributed by atoms with Gasteiger partial charge in [-0.1, -0.05) is 29.8 Å². The number of sulfonamides is 1. The van der Waals surface area contributed by atoms with Crippen LogP contribution in [0.4, 0.5) is 5.13 Å². The number of nitrogens with zero attached hydrogens (tertiary/aromatic N) is 2. The number of nitrogens with one attached hydrogen (secondary N) is 1. The molecule has 0 unspecified atom stereocenters. The summed E-state index contributed by atoms with van der Waals surface area (Å²) in [4.78, 5) is 17.5. The van der Waals surface area contributed by atoms with E-state index in [0.717, 1.165) is 16.1 Å². The number of hydrogen-bond acceptors (Lipinski definition) is 5. The summed E-state index contributed by atoms with van der Waals surface area (Å²) in [6, 6.07) is 7.20. The topological polar surface area (TPSA) is 79.4 Å². The summed E-state index contributed by atoms with van der Waals surface area (Å²) in [5, 5.41) is 3.83. The lowest BCUT2D eigenvalue weighted by molar-refractivity contribution is -0.115. The van der Waals surface area contributed by atoms with E-state index >= 15 is 0 Å². The van der Waals surface area contributed by atoms with Crippen LogP contribution in [0.15, 0.2) is 24.3 Å². The molecule has 0 spiro atoms. The Labute approximate surface area is 155 Å². The van der Waals surface area contributed by atoms with Gasteiger partial charge >= 0.3 is 0 Å². The molecule has 1 aliphatic heterocycles. The van der Waals surface area contributed by atoms with E-state index in [1.807, 2.05) is 18.2 Å². The quantitative estimate of drug-likeness (QED) is 0.838. The molecule has 1 aliphatic rings. The number of carbonyl (C=O) groups excluding carboxylic acids is 1. The molecule has 0 atom stereocenters. The molecule has 25 heavy (non-hydrogen) atoms. The lowest BCUT2D eigenvalue weighted by Crippen LogP contribution is -2.36. The molecule has 0 saturated heterocycles. The molecule has 0 radical (unpaired) electrons. The molecular weight excluding hydrogens is 382 g/mol. The molecule has 2 heterocycles. The lowest BCUT2D eigenvalue weighted by Gasteiger charge is -2.24. The van der Waals surface area contributed by atoms with E-state index in [2.05, 4.69) is 10.3 Å². The number of rotatable bonds is 5. The molecule has 1 aromatic heterocycles. The van der Waals surface area contributed by atoms with Gasteiger partial charge in [-0.05, 0) is 18.6 Å². The Kier molecular flexibility index (Phi) is 5.43. The molecule has 1 amide bonds. The van der Waals surface area contributed by atoms with E-state index in [4.69, 9.17) is 11.6 Å². The predicted molar refractivity (Wildman–Crippen MR) is 99.5 cm³/mol. The molecule has 2 aromatic rings. The van der Waals surface area contributed by atoms with Gasteiger partial charge < -0.3 is 5.32 Å². The Balaban J connectivity index is 1.68. The van der Waals surface area contributed by atoms with Crippen LogP contribution >= 0.6 is 22.9 Å². The standard InChI is InChI=1S/C16H18ClN3O3S2/c1-2-25(22,23)20-8-7-13-14(10-20)24-16(18-13)19-15(21)9-11-5-3-4-6-12(11)17/h3-6H,2,7-10H2,1H3,(H,18,19,21). The van der Waals surface area contributed by atoms with Crippen LogP contribution in [0.1, 0.15) is 23.1 Å². The number of aromatic nitrogens is 1. The van der Waals surface area contributed by atoms with Gasteiger partial charge in [-0.3, -0.25) is 4.79 Å². The monoisotopic (exact) mass is 399 g/mol. The summed E-state index contributed by atoms with van der Waals surface area (Å²) in [5.41, 5.74) is 1.61. The Morgan fingerprint density at radius 1 is 1.40 bits per heavy atom. The smallest absolute Gasteiger partial charge is 0.230 e. The van der Waals surface area contributed by atoms with E-state index in [0.29, 0.717) is 29.7 Å². The van der Waals surface area contributed by atoms with Gasteiger partial charge in [0.05, 0.1) is 17.9 Å². The summed E-state index contributed by atoms with van der Waals surface area (Å²) >= 11 is 7.40. The second-order valence-electron chi connectivity index (χ2n) is 5.69. The minimum absolute atomic E-state index is 0.0859. The number of thiazole rings is 1. The normalized spacial score (nSPS) is 15.0. The fourth-order valence-electron chi connectivity index (χ4n) is 2.62. The molecule has 1 aromatic carbocycles. The van der Waals surface area contributed by atoms with Crippen molar-refractivity contribution >= 4 is 44.0 Å². The van der Waals surface area contributed by atoms with Gasteiger partial charge in [0.25, 0.3) is 0 Å². The van der Waals surface area contributed by atoms with E-state index in [-0.39, 0.29) is 18.1 Å². The van der Waals surface area contributed by atoms with Crippen LogP contribution in [-0.4, -0.2) is 35.9 Å². The Morgan fingerprint density at radius 2 is 2.16 bits per heavy atom. The number of halogens is 1. The maximum absolute atomic E-state index is 12.2. The van der Waals surface area contributed by atoms with E-state index in [1.54, 1.807) is 13.0 Å². The molecule has 0 aliphatic carbocycles. The molecular formula is C16H18ClN3O3S2. The first-order chi connectivity index (χ1) is 11.9. The van der Waals surface area contributed by atoms with Gasteiger partial charge in [0.15, 0.2) is 5.13 Å². The van der Waals surface area contributed by atoms with Crippen molar-refractivity contribution in [3.63, 3.8) is 0 Å². The van der Waals surface area contributed by atoms with E-state index in [9.17, 15) is 13.2 Å². The highest BCUT2D eigenvalue weighted by Crippen LogP contribution is 2.29. The summed E-state index contributed by atoms with van der Waals surface area (Å²) in [7, 11) is -3.21. The maximum Gasteiger partial charge on any atom is 0.230 e. The third-order valence-electron chi connectivity index (χ3n) is 4.01.